The van der Waals surface area contributed by atoms with Crippen LogP contribution in [-0.4, -0.2) is 95.8 Å². The molecule has 1 rings (SSSR count). The molecule has 0 bridgehead atoms. The maximum Gasteiger partial charge on any atom is 0.243 e. The fourth-order valence-corrected chi connectivity index (χ4v) is 4.52. The van der Waals surface area contributed by atoms with Crippen molar-refractivity contribution in [2.24, 2.45) is 0 Å². The first kappa shape index (κ1) is 25.9. The van der Waals surface area contributed by atoms with Gasteiger partial charge in [-0.3, -0.25) is 9.59 Å². The summed E-state index contributed by atoms with van der Waals surface area (Å²) in [5.74, 6) is -0.202. The van der Waals surface area contributed by atoms with Gasteiger partial charge < -0.3 is 19.9 Å². The van der Waals surface area contributed by atoms with E-state index in [1.54, 1.807) is 37.9 Å². The Kier molecular flexibility index (Phi) is 9.73. The van der Waals surface area contributed by atoms with E-state index in [1.165, 1.54) is 14.2 Å². The van der Waals surface area contributed by atoms with Crippen LogP contribution < -0.4 is 10.1 Å². The summed E-state index contributed by atoms with van der Waals surface area (Å²) < 4.78 is 32.1. The molecule has 10 heteroatoms. The van der Waals surface area contributed by atoms with Crippen LogP contribution in [0.3, 0.4) is 0 Å². The first-order valence-electron chi connectivity index (χ1n) is 9.67. The van der Waals surface area contributed by atoms with E-state index in [-0.39, 0.29) is 23.9 Å². The molecule has 170 valence electrons. The van der Waals surface area contributed by atoms with E-state index in [0.717, 1.165) is 17.3 Å². The van der Waals surface area contributed by atoms with Crippen molar-refractivity contribution in [1.29, 1.82) is 0 Å². The lowest BCUT2D eigenvalue weighted by Gasteiger charge is -2.21. The average molecular weight is 443 g/mol. The summed E-state index contributed by atoms with van der Waals surface area (Å²) in [6.45, 7) is 4.24. The molecule has 0 aliphatic rings. The van der Waals surface area contributed by atoms with Crippen molar-refractivity contribution in [3.8, 4) is 5.75 Å². The number of hydrogen-bond acceptors (Lipinski definition) is 6. The molecule has 0 spiro atoms. The average Bonchev–Trinajstić information content (AvgIpc) is 2.64. The second-order valence-corrected chi connectivity index (χ2v) is 9.58. The highest BCUT2D eigenvalue weighted by Gasteiger charge is 2.27. The number of carbonyl (C=O) groups excluding carboxylic acids is 2. The largest absolute Gasteiger partial charge is 0.497 e. The van der Waals surface area contributed by atoms with Crippen molar-refractivity contribution in [2.45, 2.75) is 25.2 Å². The molecule has 0 aromatic heterocycles. The Morgan fingerprint density at radius 3 is 2.10 bits per heavy atom. The van der Waals surface area contributed by atoms with Gasteiger partial charge >= 0.3 is 0 Å². The van der Waals surface area contributed by atoms with Crippen LogP contribution in [0.5, 0.6) is 5.75 Å². The first-order chi connectivity index (χ1) is 13.9. The van der Waals surface area contributed by atoms with Crippen molar-refractivity contribution in [1.82, 2.24) is 19.4 Å². The zero-order valence-electron chi connectivity index (χ0n) is 19.0. The van der Waals surface area contributed by atoms with Crippen molar-refractivity contribution in [3.05, 3.63) is 23.3 Å². The van der Waals surface area contributed by atoms with Crippen molar-refractivity contribution in [3.63, 3.8) is 0 Å². The number of ether oxygens (including phenoxy) is 1. The van der Waals surface area contributed by atoms with Crippen LogP contribution in [0.1, 0.15) is 17.5 Å². The van der Waals surface area contributed by atoms with Crippen LogP contribution in [0.25, 0.3) is 0 Å². The summed E-state index contributed by atoms with van der Waals surface area (Å²) in [6, 6.07) is 3.27. The van der Waals surface area contributed by atoms with Crippen LogP contribution in [0.15, 0.2) is 17.0 Å². The topological polar surface area (TPSA) is 99.3 Å². The molecular weight excluding hydrogens is 408 g/mol. The lowest BCUT2D eigenvalue weighted by atomic mass is 10.1. The third-order valence-electron chi connectivity index (χ3n) is 4.67. The Hall–Kier alpha value is -2.17. The molecule has 0 heterocycles. The van der Waals surface area contributed by atoms with E-state index in [2.05, 4.69) is 5.32 Å². The fourth-order valence-electron chi connectivity index (χ4n) is 2.99. The quantitative estimate of drug-likeness (QED) is 0.535. The second kappa shape index (κ2) is 11.3. The molecule has 0 radical (unpaired) electrons. The number of nitrogens with one attached hydrogen (secondary N) is 1. The third kappa shape index (κ3) is 7.26. The highest BCUT2D eigenvalue weighted by atomic mass is 32.2. The van der Waals surface area contributed by atoms with Crippen LogP contribution in [0.2, 0.25) is 0 Å². The summed E-state index contributed by atoms with van der Waals surface area (Å²) in [5.41, 5.74) is 1.07. The van der Waals surface area contributed by atoms with E-state index < -0.39 is 15.9 Å². The van der Waals surface area contributed by atoms with Gasteiger partial charge in [0.15, 0.2) is 0 Å². The zero-order valence-corrected chi connectivity index (χ0v) is 19.8. The van der Waals surface area contributed by atoms with E-state index >= 15 is 0 Å². The lowest BCUT2D eigenvalue weighted by Crippen LogP contribution is -2.43. The molecule has 0 saturated carbocycles. The predicted molar refractivity (Wildman–Crippen MR) is 116 cm³/mol. The van der Waals surface area contributed by atoms with Gasteiger partial charge in [-0.05, 0) is 64.2 Å². The van der Waals surface area contributed by atoms with Crippen molar-refractivity contribution >= 4 is 21.8 Å². The van der Waals surface area contributed by atoms with Crippen LogP contribution in [0, 0.1) is 13.8 Å². The molecule has 1 aromatic carbocycles. The number of benzene rings is 1. The summed E-state index contributed by atoms with van der Waals surface area (Å²) in [6.07, 6.45) is 0.824. The van der Waals surface area contributed by atoms with E-state index in [9.17, 15) is 18.0 Å². The molecule has 0 fully saturated rings. The molecule has 0 aliphatic heterocycles. The SMILES string of the molecule is COc1cc(C)c(S(=O)(=O)N(C)CC(=O)NCC(=O)N(C)CCCN(C)C)c(C)c1. The minimum absolute atomic E-state index is 0.148. The monoisotopic (exact) mass is 442 g/mol. The molecule has 30 heavy (non-hydrogen) atoms. The predicted octanol–water partition coefficient (Wildman–Crippen LogP) is 0.459. The van der Waals surface area contributed by atoms with Crippen molar-refractivity contribution in [2.75, 3.05) is 61.5 Å². The van der Waals surface area contributed by atoms with Crippen molar-refractivity contribution < 1.29 is 22.7 Å². The molecular formula is C20H34N4O5S. The molecule has 0 saturated heterocycles. The second-order valence-electron chi connectivity index (χ2n) is 7.60. The van der Waals surface area contributed by atoms with Gasteiger partial charge in [0.1, 0.15) is 5.75 Å². The number of rotatable bonds is 11. The summed E-state index contributed by atoms with van der Waals surface area (Å²) in [5, 5.41) is 2.50. The highest BCUT2D eigenvalue weighted by Crippen LogP contribution is 2.27. The van der Waals surface area contributed by atoms with E-state index in [0.29, 0.717) is 23.4 Å². The Morgan fingerprint density at radius 1 is 1.03 bits per heavy atom. The van der Waals surface area contributed by atoms with Gasteiger partial charge in [0, 0.05) is 20.6 Å². The molecule has 1 aromatic rings. The van der Waals surface area contributed by atoms with Gasteiger partial charge in [-0.2, -0.15) is 4.31 Å². The molecule has 0 unspecified atom stereocenters. The standard InChI is InChI=1S/C20H34N4O5S/c1-15-11-17(29-7)12-16(2)20(15)30(27,28)24(6)14-18(25)21-13-19(26)23(5)10-8-9-22(3)4/h11-12H,8-10,13-14H2,1-7H3,(H,21,25). The number of sulfonamides is 1. The molecule has 0 atom stereocenters. The number of nitrogens with zero attached hydrogens (tertiary/aromatic N) is 3. The highest BCUT2D eigenvalue weighted by molar-refractivity contribution is 7.89. The number of hydrogen-bond donors (Lipinski definition) is 1. The van der Waals surface area contributed by atoms with Gasteiger partial charge in [0.05, 0.1) is 25.1 Å². The summed E-state index contributed by atoms with van der Waals surface area (Å²) >= 11 is 0. The lowest BCUT2D eigenvalue weighted by molar-refractivity contribution is -0.131. The van der Waals surface area contributed by atoms with Crippen LogP contribution >= 0.6 is 0 Å². The number of likely N-dealkylation sites (N-methyl/N-ethyl adjacent to an activating group) is 2. The zero-order chi connectivity index (χ0) is 23.1. The fraction of sp³-hybridized carbons (Fsp3) is 0.600. The number of carbonyl (C=O) groups is 2. The maximum atomic E-state index is 13.0. The van der Waals surface area contributed by atoms with E-state index in [1.807, 2.05) is 19.0 Å². The third-order valence-corrected chi connectivity index (χ3v) is 6.78. The molecule has 1 N–H and O–H groups in total. The molecule has 0 aliphatic carbocycles. The first-order valence-corrected chi connectivity index (χ1v) is 11.1. The molecule has 2 amide bonds. The van der Waals surface area contributed by atoms with Crippen LogP contribution in [-0.2, 0) is 19.6 Å². The Balaban J connectivity index is 2.68. The smallest absolute Gasteiger partial charge is 0.243 e. The molecule has 9 nitrogen and oxygen atoms in total. The maximum absolute atomic E-state index is 13.0. The summed E-state index contributed by atoms with van der Waals surface area (Å²) in [7, 11) is 4.57. The number of aryl methyl sites for hydroxylation is 2. The minimum atomic E-state index is -3.88. The summed E-state index contributed by atoms with van der Waals surface area (Å²) in [4.78, 5) is 28.1. The number of methoxy groups -OCH3 is 1. The van der Waals surface area contributed by atoms with Gasteiger partial charge in [-0.25, -0.2) is 8.42 Å². The van der Waals surface area contributed by atoms with E-state index in [4.69, 9.17) is 4.74 Å². The Bertz CT molecular complexity index is 832. The van der Waals surface area contributed by atoms with Gasteiger partial charge in [0.25, 0.3) is 0 Å². The number of amides is 2. The van der Waals surface area contributed by atoms with Gasteiger partial charge in [-0.15, -0.1) is 0 Å². The Labute approximate surface area is 180 Å². The minimum Gasteiger partial charge on any atom is -0.497 e. The van der Waals surface area contributed by atoms with Gasteiger partial charge in [-0.1, -0.05) is 0 Å². The normalized spacial score (nSPS) is 11.6. The van der Waals surface area contributed by atoms with Crippen LogP contribution in [0.4, 0.5) is 0 Å². The van der Waals surface area contributed by atoms with Gasteiger partial charge in [0.2, 0.25) is 21.8 Å². The Morgan fingerprint density at radius 2 is 1.60 bits per heavy atom.